The summed E-state index contributed by atoms with van der Waals surface area (Å²) in [5.41, 5.74) is 5.25. The van der Waals surface area contributed by atoms with Crippen LogP contribution in [0.1, 0.15) is 28.8 Å². The molecule has 2 aromatic rings. The number of hydrazine groups is 1. The lowest BCUT2D eigenvalue weighted by Crippen LogP contribution is -2.43. The van der Waals surface area contributed by atoms with E-state index in [0.717, 1.165) is 25.9 Å². The summed E-state index contributed by atoms with van der Waals surface area (Å²) >= 11 is 0. The SMILES string of the molecule is N#Cc1ccc(OCC(=O)NNC(=O)c2ccc(N3CCCC3)c([N+](=O)[O-])c2)cc1. The van der Waals surface area contributed by atoms with E-state index in [0.29, 0.717) is 17.0 Å². The maximum atomic E-state index is 12.3. The van der Waals surface area contributed by atoms with Crippen LogP contribution < -0.4 is 20.5 Å². The van der Waals surface area contributed by atoms with Crippen LogP contribution in [0.5, 0.6) is 5.75 Å². The van der Waals surface area contributed by atoms with Crippen LogP contribution in [0.2, 0.25) is 0 Å². The van der Waals surface area contributed by atoms with Crippen molar-refractivity contribution in [1.29, 1.82) is 5.26 Å². The van der Waals surface area contributed by atoms with Crippen LogP contribution >= 0.6 is 0 Å². The monoisotopic (exact) mass is 409 g/mol. The second-order valence-corrected chi connectivity index (χ2v) is 6.58. The molecule has 1 aliphatic rings. The van der Waals surface area contributed by atoms with Crippen LogP contribution in [0.25, 0.3) is 0 Å². The van der Waals surface area contributed by atoms with E-state index in [2.05, 4.69) is 10.9 Å². The van der Waals surface area contributed by atoms with E-state index in [9.17, 15) is 19.7 Å². The minimum absolute atomic E-state index is 0.0537. The third-order valence-electron chi connectivity index (χ3n) is 4.55. The van der Waals surface area contributed by atoms with E-state index in [-0.39, 0.29) is 17.9 Å². The van der Waals surface area contributed by atoms with Crippen molar-refractivity contribution in [2.75, 3.05) is 24.6 Å². The van der Waals surface area contributed by atoms with Crippen molar-refractivity contribution in [1.82, 2.24) is 10.9 Å². The average molecular weight is 409 g/mol. The summed E-state index contributed by atoms with van der Waals surface area (Å²) in [7, 11) is 0. The van der Waals surface area contributed by atoms with Crippen molar-refractivity contribution >= 4 is 23.2 Å². The fraction of sp³-hybridized carbons (Fsp3) is 0.250. The summed E-state index contributed by atoms with van der Waals surface area (Å²) in [5, 5.41) is 20.2. The number of hydrogen-bond acceptors (Lipinski definition) is 7. The number of amides is 2. The third kappa shape index (κ3) is 5.02. The molecule has 10 heteroatoms. The second-order valence-electron chi connectivity index (χ2n) is 6.58. The number of carbonyl (C=O) groups excluding carboxylic acids is 2. The number of nitriles is 1. The number of anilines is 1. The van der Waals surface area contributed by atoms with Crippen LogP contribution in [-0.4, -0.2) is 36.4 Å². The Kier molecular flexibility index (Phi) is 6.44. The van der Waals surface area contributed by atoms with Gasteiger partial charge in [-0.2, -0.15) is 5.26 Å². The molecule has 1 saturated heterocycles. The summed E-state index contributed by atoms with van der Waals surface area (Å²) in [6.45, 7) is 1.11. The molecule has 1 aliphatic heterocycles. The normalized spacial score (nSPS) is 12.7. The summed E-state index contributed by atoms with van der Waals surface area (Å²) in [4.78, 5) is 37.0. The molecule has 0 spiro atoms. The zero-order valence-electron chi connectivity index (χ0n) is 16.0. The highest BCUT2D eigenvalue weighted by molar-refractivity contribution is 5.96. The molecule has 30 heavy (non-hydrogen) atoms. The van der Waals surface area contributed by atoms with E-state index in [4.69, 9.17) is 10.00 Å². The van der Waals surface area contributed by atoms with Crippen LogP contribution in [0.3, 0.4) is 0 Å². The van der Waals surface area contributed by atoms with Gasteiger partial charge in [-0.3, -0.25) is 30.6 Å². The Morgan fingerprint density at radius 1 is 1.13 bits per heavy atom. The smallest absolute Gasteiger partial charge is 0.293 e. The molecule has 0 saturated carbocycles. The summed E-state index contributed by atoms with van der Waals surface area (Å²) in [6, 6.07) is 12.4. The first-order valence-corrected chi connectivity index (χ1v) is 9.23. The number of benzene rings is 2. The molecule has 1 fully saturated rings. The Morgan fingerprint density at radius 3 is 2.47 bits per heavy atom. The first-order valence-electron chi connectivity index (χ1n) is 9.23. The Labute approximate surface area is 172 Å². The summed E-state index contributed by atoms with van der Waals surface area (Å²) < 4.78 is 5.26. The van der Waals surface area contributed by atoms with E-state index in [1.165, 1.54) is 12.1 Å². The van der Waals surface area contributed by atoms with Crippen molar-refractivity contribution in [2.24, 2.45) is 0 Å². The van der Waals surface area contributed by atoms with Gasteiger partial charge in [0.05, 0.1) is 16.6 Å². The van der Waals surface area contributed by atoms with Gasteiger partial charge in [0.15, 0.2) is 6.61 Å². The molecule has 0 atom stereocenters. The first-order chi connectivity index (χ1) is 14.5. The highest BCUT2D eigenvalue weighted by Gasteiger charge is 2.24. The van der Waals surface area contributed by atoms with Gasteiger partial charge in [0.1, 0.15) is 11.4 Å². The molecule has 0 bridgehead atoms. The number of nitrogens with one attached hydrogen (secondary N) is 2. The van der Waals surface area contributed by atoms with Gasteiger partial charge in [-0.1, -0.05) is 0 Å². The molecule has 10 nitrogen and oxygen atoms in total. The molecular formula is C20H19N5O5. The zero-order chi connectivity index (χ0) is 21.5. The topological polar surface area (TPSA) is 138 Å². The van der Waals surface area contributed by atoms with Crippen molar-refractivity contribution in [3.8, 4) is 11.8 Å². The predicted octanol–water partition coefficient (Wildman–Crippen LogP) is 1.91. The van der Waals surface area contributed by atoms with Crippen molar-refractivity contribution in [3.63, 3.8) is 0 Å². The molecule has 2 N–H and O–H groups in total. The summed E-state index contributed by atoms with van der Waals surface area (Å²) in [6.07, 6.45) is 1.94. The number of nitro benzene ring substituents is 1. The lowest BCUT2D eigenvalue weighted by molar-refractivity contribution is -0.384. The first kappa shape index (κ1) is 20.6. The fourth-order valence-electron chi connectivity index (χ4n) is 3.05. The highest BCUT2D eigenvalue weighted by atomic mass is 16.6. The number of nitro groups is 1. The van der Waals surface area contributed by atoms with Gasteiger partial charge in [0.25, 0.3) is 17.5 Å². The van der Waals surface area contributed by atoms with Gasteiger partial charge >= 0.3 is 0 Å². The van der Waals surface area contributed by atoms with Crippen molar-refractivity contribution in [3.05, 3.63) is 63.7 Å². The molecular weight excluding hydrogens is 390 g/mol. The standard InChI is InChI=1S/C20H19N5O5/c21-12-14-3-6-16(7-4-14)30-13-19(26)22-23-20(27)15-5-8-17(18(11-15)25(28)29)24-9-1-2-10-24/h3-8,11H,1-2,9-10,13H2,(H,22,26)(H,23,27). The lowest BCUT2D eigenvalue weighted by Gasteiger charge is -2.17. The van der Waals surface area contributed by atoms with Crippen LogP contribution in [0, 0.1) is 21.4 Å². The maximum Gasteiger partial charge on any atom is 0.293 e. The Hall–Kier alpha value is -4.13. The predicted molar refractivity (Wildman–Crippen MR) is 107 cm³/mol. The molecule has 0 radical (unpaired) electrons. The van der Waals surface area contributed by atoms with Crippen molar-refractivity contribution < 1.29 is 19.2 Å². The highest BCUT2D eigenvalue weighted by Crippen LogP contribution is 2.31. The second kappa shape index (κ2) is 9.38. The summed E-state index contributed by atoms with van der Waals surface area (Å²) in [5.74, 6) is -0.905. The number of ether oxygens (including phenoxy) is 1. The quantitative estimate of drug-likeness (QED) is 0.549. The van der Waals surface area contributed by atoms with Crippen LogP contribution in [0.15, 0.2) is 42.5 Å². The number of nitrogens with zero attached hydrogens (tertiary/aromatic N) is 3. The fourth-order valence-corrected chi connectivity index (χ4v) is 3.05. The van der Waals surface area contributed by atoms with E-state index in [1.54, 1.807) is 30.3 Å². The molecule has 1 heterocycles. The van der Waals surface area contributed by atoms with Gasteiger partial charge in [0.2, 0.25) is 0 Å². The molecule has 2 amide bonds. The van der Waals surface area contributed by atoms with Crippen molar-refractivity contribution in [2.45, 2.75) is 12.8 Å². The van der Waals surface area contributed by atoms with E-state index < -0.39 is 16.7 Å². The largest absolute Gasteiger partial charge is 0.484 e. The van der Waals surface area contributed by atoms with Gasteiger partial charge in [-0.05, 0) is 49.2 Å². The minimum Gasteiger partial charge on any atom is -0.484 e. The van der Waals surface area contributed by atoms with Gasteiger partial charge in [0, 0.05) is 24.7 Å². The molecule has 0 unspecified atom stereocenters. The van der Waals surface area contributed by atoms with Crippen LogP contribution in [-0.2, 0) is 4.79 Å². The van der Waals surface area contributed by atoms with Crippen LogP contribution in [0.4, 0.5) is 11.4 Å². The van der Waals surface area contributed by atoms with Gasteiger partial charge in [-0.15, -0.1) is 0 Å². The minimum atomic E-state index is -0.683. The molecule has 3 rings (SSSR count). The Morgan fingerprint density at radius 2 is 1.83 bits per heavy atom. The van der Waals surface area contributed by atoms with Gasteiger partial charge in [-0.25, -0.2) is 0 Å². The van der Waals surface area contributed by atoms with E-state index >= 15 is 0 Å². The molecule has 154 valence electrons. The Bertz CT molecular complexity index is 994. The zero-order valence-corrected chi connectivity index (χ0v) is 16.0. The number of hydrogen-bond donors (Lipinski definition) is 2. The average Bonchev–Trinajstić information content (AvgIpc) is 3.30. The van der Waals surface area contributed by atoms with E-state index in [1.807, 2.05) is 11.0 Å². The Balaban J connectivity index is 1.56. The lowest BCUT2D eigenvalue weighted by atomic mass is 10.1. The third-order valence-corrected chi connectivity index (χ3v) is 4.55. The molecule has 2 aromatic carbocycles. The van der Waals surface area contributed by atoms with Gasteiger partial charge < -0.3 is 9.64 Å². The maximum absolute atomic E-state index is 12.3. The molecule has 0 aliphatic carbocycles. The number of carbonyl (C=O) groups is 2. The molecule has 0 aromatic heterocycles. The number of rotatable bonds is 6.